The lowest BCUT2D eigenvalue weighted by molar-refractivity contribution is -0.161. The number of esters is 4. The van der Waals surface area contributed by atoms with E-state index in [1.165, 1.54) is 83.5 Å². The number of ether oxygens (including phenoxy) is 4. The van der Waals surface area contributed by atoms with Gasteiger partial charge >= 0.3 is 39.5 Å². The Balaban J connectivity index is 5.44. The van der Waals surface area contributed by atoms with Crippen LogP contribution in [0.25, 0.3) is 0 Å². The topological polar surface area (TPSA) is 237 Å². The number of hydrogen-bond donors (Lipinski definition) is 3. The van der Waals surface area contributed by atoms with Gasteiger partial charge in [-0.25, -0.2) is 9.13 Å². The minimum Gasteiger partial charge on any atom is -0.462 e. The van der Waals surface area contributed by atoms with Crippen molar-refractivity contribution in [2.24, 2.45) is 0 Å². The molecular formula is C91H154O17P2. The summed E-state index contributed by atoms with van der Waals surface area (Å²) in [5, 5.41) is 10.7. The van der Waals surface area contributed by atoms with Crippen LogP contribution < -0.4 is 0 Å². The number of unbranched alkanes of at least 4 members (excludes halogenated alkanes) is 30. The molecule has 0 amide bonds. The molecule has 5 atom stereocenters. The van der Waals surface area contributed by atoms with Crippen LogP contribution >= 0.6 is 15.6 Å². The van der Waals surface area contributed by atoms with Gasteiger partial charge in [0, 0.05) is 25.7 Å². The maximum absolute atomic E-state index is 13.1. The van der Waals surface area contributed by atoms with Crippen molar-refractivity contribution >= 4 is 39.5 Å². The Morgan fingerprint density at radius 2 is 0.482 bits per heavy atom. The number of carbonyl (C=O) groups is 4. The third-order valence-electron chi connectivity index (χ3n) is 17.8. The lowest BCUT2D eigenvalue weighted by Crippen LogP contribution is -2.30. The van der Waals surface area contributed by atoms with Crippen molar-refractivity contribution in [2.45, 2.75) is 367 Å². The number of aliphatic hydroxyl groups is 1. The van der Waals surface area contributed by atoms with Crippen LogP contribution in [0.15, 0.2) is 146 Å². The van der Waals surface area contributed by atoms with Gasteiger partial charge in [0.05, 0.1) is 26.4 Å². The van der Waals surface area contributed by atoms with Gasteiger partial charge in [-0.3, -0.25) is 37.3 Å². The largest absolute Gasteiger partial charge is 0.472 e. The Labute approximate surface area is 668 Å². The third kappa shape index (κ3) is 81.0. The summed E-state index contributed by atoms with van der Waals surface area (Å²) in [7, 11) is -10.00. The molecule has 0 radical (unpaired) electrons. The summed E-state index contributed by atoms with van der Waals surface area (Å²) in [6.07, 6.45) is 95.2. The van der Waals surface area contributed by atoms with E-state index in [2.05, 4.69) is 161 Å². The molecule has 0 aliphatic heterocycles. The van der Waals surface area contributed by atoms with Crippen molar-refractivity contribution in [2.75, 3.05) is 39.6 Å². The highest BCUT2D eigenvalue weighted by atomic mass is 31.2. The molecule has 630 valence electrons. The van der Waals surface area contributed by atoms with Gasteiger partial charge in [0.25, 0.3) is 0 Å². The van der Waals surface area contributed by atoms with Gasteiger partial charge in [-0.05, 0) is 141 Å². The van der Waals surface area contributed by atoms with Gasteiger partial charge in [-0.15, -0.1) is 0 Å². The zero-order valence-electron chi connectivity index (χ0n) is 69.1. The average Bonchev–Trinajstić information content (AvgIpc) is 0.906. The van der Waals surface area contributed by atoms with Gasteiger partial charge < -0.3 is 33.8 Å². The minimum atomic E-state index is -5.00. The van der Waals surface area contributed by atoms with Crippen LogP contribution in [-0.4, -0.2) is 96.7 Å². The Morgan fingerprint density at radius 1 is 0.264 bits per heavy atom. The lowest BCUT2D eigenvalue weighted by atomic mass is 10.0. The number of rotatable bonds is 80. The van der Waals surface area contributed by atoms with E-state index in [4.69, 9.17) is 37.0 Å². The molecule has 0 bridgehead atoms. The molecule has 5 unspecified atom stereocenters. The van der Waals surface area contributed by atoms with Crippen LogP contribution in [0.5, 0.6) is 0 Å². The Kier molecular flexibility index (Phi) is 78.2. The molecule has 0 aromatic rings. The number of carbonyl (C=O) groups excluding carboxylic acids is 4. The van der Waals surface area contributed by atoms with Crippen LogP contribution in [0.2, 0.25) is 0 Å². The van der Waals surface area contributed by atoms with Crippen molar-refractivity contribution in [1.29, 1.82) is 0 Å². The van der Waals surface area contributed by atoms with E-state index in [0.29, 0.717) is 32.1 Å². The summed E-state index contributed by atoms with van der Waals surface area (Å²) in [6.45, 7) is 4.57. The SMILES string of the molecule is CC/C=C\C/C=C\C/C=C\C/C=C\C/C=C\CCCC(=O)OC(COC(=O)CCCCCCCC/C=C\C/C=C\C/C=C\CCCCC)COP(=O)(O)OCC(O)COP(=O)(O)OCC(COC(=O)CCCCCCCC/C=C\C/C=C\C/C=C\C/C=C\CC)OC(=O)CCCCCCCCCCCCCCCCC. The highest BCUT2D eigenvalue weighted by Crippen LogP contribution is 2.45. The van der Waals surface area contributed by atoms with Crippen LogP contribution in [0, 0.1) is 0 Å². The summed E-state index contributed by atoms with van der Waals surface area (Å²) in [6, 6.07) is 0. The molecule has 0 aliphatic rings. The van der Waals surface area contributed by atoms with Gasteiger partial charge in [0.2, 0.25) is 0 Å². The zero-order chi connectivity index (χ0) is 80.3. The molecule has 0 rings (SSSR count). The van der Waals surface area contributed by atoms with E-state index in [0.717, 1.165) is 180 Å². The molecule has 0 aromatic heterocycles. The van der Waals surface area contributed by atoms with Crippen LogP contribution in [-0.2, 0) is 65.4 Å². The van der Waals surface area contributed by atoms with Crippen molar-refractivity contribution < 1.29 is 80.2 Å². The predicted octanol–water partition coefficient (Wildman–Crippen LogP) is 25.8. The number of aliphatic hydroxyl groups excluding tert-OH is 1. The van der Waals surface area contributed by atoms with E-state index in [-0.39, 0.29) is 25.7 Å². The number of allylic oxidation sites excluding steroid dienone is 24. The second kappa shape index (κ2) is 81.9. The smallest absolute Gasteiger partial charge is 0.462 e. The highest BCUT2D eigenvalue weighted by molar-refractivity contribution is 7.47. The average molecular weight is 1580 g/mol. The van der Waals surface area contributed by atoms with E-state index in [1.54, 1.807) is 0 Å². The first kappa shape index (κ1) is 105. The molecule has 19 heteroatoms. The van der Waals surface area contributed by atoms with Gasteiger partial charge in [-0.2, -0.15) is 0 Å². The summed E-state index contributed by atoms with van der Waals surface area (Å²) >= 11 is 0. The second-order valence-electron chi connectivity index (χ2n) is 28.4. The second-order valence-corrected chi connectivity index (χ2v) is 31.3. The summed E-state index contributed by atoms with van der Waals surface area (Å²) in [5.41, 5.74) is 0. The van der Waals surface area contributed by atoms with Crippen LogP contribution in [0.3, 0.4) is 0 Å². The Morgan fingerprint density at radius 3 is 0.782 bits per heavy atom. The van der Waals surface area contributed by atoms with E-state index in [1.807, 2.05) is 12.2 Å². The minimum absolute atomic E-state index is 0.0103. The van der Waals surface area contributed by atoms with Crippen LogP contribution in [0.1, 0.15) is 349 Å². The molecule has 0 saturated carbocycles. The monoisotopic (exact) mass is 1580 g/mol. The molecule has 17 nitrogen and oxygen atoms in total. The fourth-order valence-corrected chi connectivity index (χ4v) is 12.9. The molecule has 0 heterocycles. The van der Waals surface area contributed by atoms with E-state index >= 15 is 0 Å². The molecule has 0 spiro atoms. The number of hydrogen-bond acceptors (Lipinski definition) is 15. The first-order chi connectivity index (χ1) is 53.7. The molecule has 0 saturated heterocycles. The van der Waals surface area contributed by atoms with E-state index in [9.17, 15) is 43.2 Å². The van der Waals surface area contributed by atoms with Gasteiger partial charge in [0.15, 0.2) is 12.2 Å². The van der Waals surface area contributed by atoms with Crippen molar-refractivity contribution in [3.8, 4) is 0 Å². The summed E-state index contributed by atoms with van der Waals surface area (Å²) in [4.78, 5) is 73.3. The molecule has 0 aromatic carbocycles. The standard InChI is InChI=1S/C91H154O17P2/c1-5-9-13-17-21-25-29-33-37-40-42-45-48-51-55-59-63-67-71-75-88(93)101-81-86(107-90(95)77-73-69-65-61-57-53-47-36-32-28-24-20-16-12-8-4)83-105-109(97,98)103-79-85(92)80-104-110(99,100)106-84-87(108-91(96)78-74-70-66-62-58-54-50-44-39-35-31-27-23-19-15-11-7-3)82-102-89(94)76-72-68-64-60-56-52-49-46-43-41-38-34-30-26-22-18-14-10-6-2/h9,11,13,15,21-23,25-27,33-35,37-39,42-43,45-46,50,54,62,66,85-87,92H,5-8,10,12,14,16-20,24,28-32,36,40-41,44,47-49,51-53,55-61,63-65,67-84H2,1-4H3,(H,97,98)(H,99,100)/b13-9-,15-11-,25-21-,26-22-,27-23-,37-33-,38-34-,39-35-,45-42-,46-43-,54-50-,66-62-. The first-order valence-electron chi connectivity index (χ1n) is 43.1. The molecular weight excluding hydrogens is 1430 g/mol. The first-order valence-corrected chi connectivity index (χ1v) is 46.1. The Bertz CT molecular complexity index is 2650. The van der Waals surface area contributed by atoms with E-state index < -0.39 is 97.5 Å². The predicted molar refractivity (Wildman–Crippen MR) is 454 cm³/mol. The summed E-state index contributed by atoms with van der Waals surface area (Å²) in [5.74, 6) is -2.26. The highest BCUT2D eigenvalue weighted by Gasteiger charge is 2.30. The van der Waals surface area contributed by atoms with Gasteiger partial charge in [-0.1, -0.05) is 328 Å². The maximum atomic E-state index is 13.1. The van der Waals surface area contributed by atoms with Crippen molar-refractivity contribution in [3.63, 3.8) is 0 Å². The zero-order valence-corrected chi connectivity index (χ0v) is 70.9. The third-order valence-corrected chi connectivity index (χ3v) is 19.7. The lowest BCUT2D eigenvalue weighted by Gasteiger charge is -2.21. The fraction of sp³-hybridized carbons (Fsp3) is 0.692. The molecule has 0 fully saturated rings. The number of phosphoric acid groups is 2. The normalized spacial score (nSPS) is 14.5. The molecule has 3 N–H and O–H groups in total. The quantitative estimate of drug-likeness (QED) is 0.0169. The van der Waals surface area contributed by atoms with Crippen LogP contribution in [0.4, 0.5) is 0 Å². The summed E-state index contributed by atoms with van der Waals surface area (Å²) < 4.78 is 68.8. The number of phosphoric ester groups is 2. The molecule has 110 heavy (non-hydrogen) atoms. The molecule has 0 aliphatic carbocycles. The van der Waals surface area contributed by atoms with Crippen molar-refractivity contribution in [1.82, 2.24) is 0 Å². The Hall–Kier alpha value is -5.06. The fourth-order valence-electron chi connectivity index (χ4n) is 11.3. The van der Waals surface area contributed by atoms with Crippen molar-refractivity contribution in [3.05, 3.63) is 146 Å². The maximum Gasteiger partial charge on any atom is 0.472 e. The van der Waals surface area contributed by atoms with Gasteiger partial charge in [0.1, 0.15) is 19.3 Å².